The summed E-state index contributed by atoms with van der Waals surface area (Å²) in [6.45, 7) is 3.04. The number of nitrogens with zero attached hydrogens (tertiary/aromatic N) is 2. The minimum absolute atomic E-state index is 0.752. The number of rotatable bonds is 13. The van der Waals surface area contributed by atoms with E-state index in [4.69, 9.17) is 9.15 Å². The number of thiophene rings is 1. The van der Waals surface area contributed by atoms with E-state index in [1.807, 2.05) is 47.8 Å². The van der Waals surface area contributed by atoms with Crippen LogP contribution >= 0.6 is 22.7 Å². The van der Waals surface area contributed by atoms with Crippen LogP contribution in [0.2, 0.25) is 0 Å². The van der Waals surface area contributed by atoms with E-state index in [9.17, 15) is 0 Å². The molecule has 4 nitrogen and oxygen atoms in total. The van der Waals surface area contributed by atoms with Crippen molar-refractivity contribution in [2.24, 2.45) is 0 Å². The third-order valence-corrected chi connectivity index (χ3v) is 7.24. The molecule has 4 rings (SSSR count). The van der Waals surface area contributed by atoms with Crippen LogP contribution in [-0.2, 0) is 0 Å². The van der Waals surface area contributed by atoms with E-state index in [1.165, 1.54) is 56.3 Å². The Balaban J connectivity index is 1.24. The quantitative estimate of drug-likeness (QED) is 0.185. The van der Waals surface area contributed by atoms with Crippen molar-refractivity contribution in [1.82, 2.24) is 10.2 Å². The molecule has 0 aliphatic rings. The van der Waals surface area contributed by atoms with Gasteiger partial charge in [0.15, 0.2) is 10.8 Å². The first-order valence-corrected chi connectivity index (χ1v) is 13.2. The van der Waals surface area contributed by atoms with Crippen molar-refractivity contribution >= 4 is 22.7 Å². The van der Waals surface area contributed by atoms with Gasteiger partial charge in [-0.3, -0.25) is 0 Å². The Hall–Kier alpha value is -2.44. The second-order valence-electron chi connectivity index (χ2n) is 7.90. The number of hydrogen-bond donors (Lipinski definition) is 0. The molecule has 6 heteroatoms. The fourth-order valence-electron chi connectivity index (χ4n) is 3.56. The first-order valence-electron chi connectivity index (χ1n) is 11.5. The van der Waals surface area contributed by atoms with Crippen LogP contribution < -0.4 is 4.74 Å². The Kier molecular flexibility index (Phi) is 8.51. The van der Waals surface area contributed by atoms with Crippen LogP contribution in [0.15, 0.2) is 58.3 Å². The number of ether oxygens (including phenoxy) is 1. The Morgan fingerprint density at radius 3 is 2.25 bits per heavy atom. The van der Waals surface area contributed by atoms with Crippen molar-refractivity contribution in [3.8, 4) is 37.7 Å². The average molecular weight is 467 g/mol. The van der Waals surface area contributed by atoms with Crippen LogP contribution in [0.1, 0.15) is 58.3 Å². The molecule has 1 aromatic carbocycles. The van der Waals surface area contributed by atoms with Crippen LogP contribution in [0.4, 0.5) is 0 Å². The lowest BCUT2D eigenvalue weighted by Crippen LogP contribution is -1.97. The molecule has 0 N–H and O–H groups in total. The fraction of sp³-hybridized carbons (Fsp3) is 0.385. The second kappa shape index (κ2) is 12.0. The third-order valence-electron chi connectivity index (χ3n) is 5.37. The molecule has 32 heavy (non-hydrogen) atoms. The van der Waals surface area contributed by atoms with E-state index in [2.05, 4.69) is 23.2 Å². The van der Waals surface area contributed by atoms with E-state index in [0.717, 1.165) is 50.8 Å². The van der Waals surface area contributed by atoms with E-state index in [0.29, 0.717) is 0 Å². The van der Waals surface area contributed by atoms with Gasteiger partial charge in [-0.25, -0.2) is 0 Å². The van der Waals surface area contributed by atoms with Crippen molar-refractivity contribution in [3.63, 3.8) is 0 Å². The van der Waals surface area contributed by atoms with Crippen molar-refractivity contribution in [2.45, 2.75) is 58.3 Å². The van der Waals surface area contributed by atoms with Crippen LogP contribution in [0.5, 0.6) is 5.75 Å². The van der Waals surface area contributed by atoms with Gasteiger partial charge < -0.3 is 9.15 Å². The van der Waals surface area contributed by atoms with E-state index < -0.39 is 0 Å². The van der Waals surface area contributed by atoms with Crippen LogP contribution in [-0.4, -0.2) is 16.8 Å². The van der Waals surface area contributed by atoms with Crippen molar-refractivity contribution in [2.75, 3.05) is 6.61 Å². The van der Waals surface area contributed by atoms with Crippen molar-refractivity contribution in [3.05, 3.63) is 53.9 Å². The molecule has 0 aliphatic carbocycles. The molecule has 168 valence electrons. The molecule has 3 aromatic heterocycles. The van der Waals surface area contributed by atoms with Gasteiger partial charge >= 0.3 is 0 Å². The highest BCUT2D eigenvalue weighted by Crippen LogP contribution is 2.35. The number of furan rings is 1. The molecular formula is C26H30N2O2S2. The molecule has 0 amide bonds. The molecular weight excluding hydrogens is 436 g/mol. The van der Waals surface area contributed by atoms with Crippen molar-refractivity contribution in [1.29, 1.82) is 0 Å². The largest absolute Gasteiger partial charge is 0.494 e. The molecule has 0 fully saturated rings. The number of unbranched alkanes of at least 4 members (excludes halogenated alkanes) is 7. The van der Waals surface area contributed by atoms with E-state index in [1.54, 1.807) is 11.3 Å². The molecule has 0 atom stereocenters. The molecule has 0 radical (unpaired) electrons. The van der Waals surface area contributed by atoms with Crippen molar-refractivity contribution < 1.29 is 9.15 Å². The zero-order valence-electron chi connectivity index (χ0n) is 18.6. The fourth-order valence-corrected chi connectivity index (χ4v) is 5.06. The molecule has 0 bridgehead atoms. The maximum atomic E-state index is 5.98. The summed E-state index contributed by atoms with van der Waals surface area (Å²) < 4.78 is 11.9. The number of hydrogen-bond acceptors (Lipinski definition) is 6. The highest BCUT2D eigenvalue weighted by Gasteiger charge is 2.13. The topological polar surface area (TPSA) is 48.2 Å². The van der Waals surface area contributed by atoms with E-state index in [-0.39, 0.29) is 0 Å². The first-order chi connectivity index (χ1) is 15.8. The molecule has 3 heterocycles. The minimum Gasteiger partial charge on any atom is -0.494 e. The lowest BCUT2D eigenvalue weighted by Gasteiger charge is -2.06. The van der Waals surface area contributed by atoms with Crippen LogP contribution in [0.3, 0.4) is 0 Å². The van der Waals surface area contributed by atoms with Gasteiger partial charge in [-0.15, -0.1) is 21.5 Å². The summed E-state index contributed by atoms with van der Waals surface area (Å²) in [5, 5.41) is 12.4. The molecule has 0 unspecified atom stereocenters. The first kappa shape index (κ1) is 22.7. The van der Waals surface area contributed by atoms with Gasteiger partial charge in [0.1, 0.15) is 16.5 Å². The van der Waals surface area contributed by atoms with Crippen LogP contribution in [0.25, 0.3) is 32.0 Å². The summed E-state index contributed by atoms with van der Waals surface area (Å²) in [7, 11) is 0. The Morgan fingerprint density at radius 2 is 1.50 bits per heavy atom. The predicted octanol–water partition coefficient (Wildman–Crippen LogP) is 8.71. The maximum absolute atomic E-state index is 5.98. The SMILES string of the molecule is CCCCCCCCCCOc1ccc(-c2nnc(-c3ccc(-c4cccs4)o3)s2)cc1. The molecule has 0 aliphatic heterocycles. The Labute approximate surface area is 198 Å². The smallest absolute Gasteiger partial charge is 0.183 e. The van der Waals surface area contributed by atoms with Gasteiger partial charge in [0.2, 0.25) is 0 Å². The van der Waals surface area contributed by atoms with Gasteiger partial charge in [0, 0.05) is 5.56 Å². The lowest BCUT2D eigenvalue weighted by molar-refractivity contribution is 0.304. The normalized spacial score (nSPS) is 11.2. The number of aromatic nitrogens is 2. The summed E-state index contributed by atoms with van der Waals surface area (Å²) in [6, 6.07) is 16.2. The minimum atomic E-state index is 0.752. The van der Waals surface area contributed by atoms with E-state index >= 15 is 0 Å². The summed E-state index contributed by atoms with van der Waals surface area (Å²) in [5.74, 6) is 2.53. The van der Waals surface area contributed by atoms with Gasteiger partial charge in [-0.2, -0.15) is 0 Å². The number of benzene rings is 1. The predicted molar refractivity (Wildman–Crippen MR) is 134 cm³/mol. The van der Waals surface area contributed by atoms with Crippen LogP contribution in [0, 0.1) is 0 Å². The standard InChI is InChI=1S/C26H30N2O2S2/c1-2-3-4-5-6-7-8-9-18-29-21-14-12-20(13-15-21)25-27-28-26(32-25)23-17-16-22(30-23)24-11-10-19-31-24/h10-17,19H,2-9,18H2,1H3. The summed E-state index contributed by atoms with van der Waals surface area (Å²) >= 11 is 3.20. The zero-order chi connectivity index (χ0) is 22.0. The third kappa shape index (κ3) is 6.30. The Bertz CT molecular complexity index is 1050. The summed E-state index contributed by atoms with van der Waals surface area (Å²) in [5.41, 5.74) is 1.04. The Morgan fingerprint density at radius 1 is 0.781 bits per heavy atom. The zero-order valence-corrected chi connectivity index (χ0v) is 20.2. The summed E-state index contributed by atoms with van der Waals surface area (Å²) in [6.07, 6.45) is 10.5. The summed E-state index contributed by atoms with van der Waals surface area (Å²) in [4.78, 5) is 1.11. The highest BCUT2D eigenvalue weighted by atomic mass is 32.1. The van der Waals surface area contributed by atoms with Gasteiger partial charge in [-0.05, 0) is 54.3 Å². The molecule has 0 saturated carbocycles. The van der Waals surface area contributed by atoms with Gasteiger partial charge in [0.25, 0.3) is 0 Å². The monoisotopic (exact) mass is 466 g/mol. The maximum Gasteiger partial charge on any atom is 0.183 e. The highest BCUT2D eigenvalue weighted by molar-refractivity contribution is 7.17. The molecule has 0 spiro atoms. The molecule has 4 aromatic rings. The average Bonchev–Trinajstić information content (AvgIpc) is 3.59. The van der Waals surface area contributed by atoms with Gasteiger partial charge in [-0.1, -0.05) is 69.3 Å². The lowest BCUT2D eigenvalue weighted by atomic mass is 10.1. The molecule has 0 saturated heterocycles. The van der Waals surface area contributed by atoms with Gasteiger partial charge in [0.05, 0.1) is 11.5 Å². The second-order valence-corrected chi connectivity index (χ2v) is 9.83.